The van der Waals surface area contributed by atoms with Gasteiger partial charge in [0.15, 0.2) is 0 Å². The Morgan fingerprint density at radius 2 is 1.93 bits per heavy atom. The Hall–Kier alpha value is -2.89. The number of rotatable bonds is 4. The third-order valence-corrected chi connectivity index (χ3v) is 5.03. The molecule has 6 nitrogen and oxygen atoms in total. The maximum atomic E-state index is 12.5. The normalized spacial score (nSPS) is 14.5. The minimum Gasteiger partial charge on any atom is -0.441 e. The lowest BCUT2D eigenvalue weighted by Gasteiger charge is -2.28. The molecule has 1 aliphatic heterocycles. The van der Waals surface area contributed by atoms with Crippen molar-refractivity contribution in [2.75, 3.05) is 18.0 Å². The van der Waals surface area contributed by atoms with Crippen LogP contribution in [-0.4, -0.2) is 27.9 Å². The van der Waals surface area contributed by atoms with Crippen molar-refractivity contribution in [3.05, 3.63) is 63.9 Å². The van der Waals surface area contributed by atoms with Gasteiger partial charge in [0.2, 0.25) is 5.89 Å². The molecule has 0 saturated carbocycles. The molecule has 3 heterocycles. The lowest BCUT2D eigenvalue weighted by molar-refractivity contribution is 0.533. The minimum absolute atomic E-state index is 0.113. The number of hydrogen-bond donors (Lipinski definition) is 0. The second-order valence-electron chi connectivity index (χ2n) is 7.15. The fraction of sp³-hybridized carbons (Fsp3) is 0.381. The summed E-state index contributed by atoms with van der Waals surface area (Å²) < 4.78 is 7.27. The van der Waals surface area contributed by atoms with Gasteiger partial charge in [-0.05, 0) is 45.2 Å². The van der Waals surface area contributed by atoms with E-state index < -0.39 is 0 Å². The van der Waals surface area contributed by atoms with Crippen molar-refractivity contribution < 1.29 is 4.42 Å². The Balaban J connectivity index is 1.56. The van der Waals surface area contributed by atoms with Crippen LogP contribution in [0.1, 0.15) is 36.3 Å². The first-order valence-electron chi connectivity index (χ1n) is 9.45. The first-order valence-corrected chi connectivity index (χ1v) is 9.45. The zero-order valence-corrected chi connectivity index (χ0v) is 15.8. The van der Waals surface area contributed by atoms with Gasteiger partial charge in [0.1, 0.15) is 11.5 Å². The lowest BCUT2D eigenvalue weighted by atomic mass is 10.1. The molecule has 0 radical (unpaired) electrons. The van der Waals surface area contributed by atoms with Gasteiger partial charge in [0.05, 0.1) is 18.4 Å². The number of oxazole rings is 1. The summed E-state index contributed by atoms with van der Waals surface area (Å²) in [5, 5.41) is 4.37. The van der Waals surface area contributed by atoms with E-state index in [4.69, 9.17) is 4.42 Å². The van der Waals surface area contributed by atoms with Gasteiger partial charge < -0.3 is 9.32 Å². The van der Waals surface area contributed by atoms with E-state index in [1.54, 1.807) is 12.3 Å². The molecule has 0 N–H and O–H groups in total. The molecular formula is C21H24N4O2. The predicted octanol–water partition coefficient (Wildman–Crippen LogP) is 3.55. The van der Waals surface area contributed by atoms with Crippen molar-refractivity contribution >= 4 is 5.69 Å². The highest BCUT2D eigenvalue weighted by Crippen LogP contribution is 2.23. The number of anilines is 1. The summed E-state index contributed by atoms with van der Waals surface area (Å²) in [6, 6.07) is 9.70. The lowest BCUT2D eigenvalue weighted by Crippen LogP contribution is -2.32. The summed E-state index contributed by atoms with van der Waals surface area (Å²) in [5.74, 6) is 1.28. The number of benzene rings is 1. The van der Waals surface area contributed by atoms with E-state index in [2.05, 4.69) is 15.0 Å². The summed E-state index contributed by atoms with van der Waals surface area (Å²) in [6.45, 7) is 6.20. The summed E-state index contributed by atoms with van der Waals surface area (Å²) in [5.41, 5.74) is 3.61. The molecule has 0 unspecified atom stereocenters. The molecule has 1 aromatic carbocycles. The molecule has 1 fully saturated rings. The van der Waals surface area contributed by atoms with Crippen LogP contribution < -0.4 is 10.5 Å². The number of aryl methyl sites for hydroxylation is 2. The molecule has 0 spiro atoms. The summed E-state index contributed by atoms with van der Waals surface area (Å²) in [4.78, 5) is 19.4. The molecular weight excluding hydrogens is 340 g/mol. The maximum absolute atomic E-state index is 12.5. The van der Waals surface area contributed by atoms with Crippen LogP contribution in [0.25, 0.3) is 11.5 Å². The molecule has 1 aliphatic rings. The van der Waals surface area contributed by atoms with Crippen LogP contribution in [-0.2, 0) is 6.54 Å². The Morgan fingerprint density at radius 3 is 2.67 bits per heavy atom. The zero-order chi connectivity index (χ0) is 18.8. The average molecular weight is 364 g/mol. The van der Waals surface area contributed by atoms with Crippen LogP contribution in [0, 0.1) is 13.8 Å². The van der Waals surface area contributed by atoms with E-state index in [-0.39, 0.29) is 5.56 Å². The Bertz CT molecular complexity index is 999. The van der Waals surface area contributed by atoms with Crippen molar-refractivity contribution in [3.8, 4) is 11.5 Å². The molecule has 140 valence electrons. The van der Waals surface area contributed by atoms with Crippen molar-refractivity contribution in [1.82, 2.24) is 14.8 Å². The van der Waals surface area contributed by atoms with Crippen LogP contribution in [0.4, 0.5) is 5.69 Å². The van der Waals surface area contributed by atoms with E-state index in [1.807, 2.05) is 38.1 Å². The third-order valence-electron chi connectivity index (χ3n) is 5.03. The SMILES string of the molecule is Cc1cccc(-c2nc(Cn3ncc(N4CCCCC4)cc3=O)c(C)o2)c1. The fourth-order valence-corrected chi connectivity index (χ4v) is 3.49. The Morgan fingerprint density at radius 1 is 1.11 bits per heavy atom. The molecule has 6 heteroatoms. The van der Waals surface area contributed by atoms with Gasteiger partial charge in [-0.15, -0.1) is 0 Å². The first-order chi connectivity index (χ1) is 13.1. The quantitative estimate of drug-likeness (QED) is 0.708. The molecule has 2 aromatic heterocycles. The van der Waals surface area contributed by atoms with Gasteiger partial charge in [0, 0.05) is 24.7 Å². The summed E-state index contributed by atoms with van der Waals surface area (Å²) in [7, 11) is 0. The maximum Gasteiger partial charge on any atom is 0.269 e. The zero-order valence-electron chi connectivity index (χ0n) is 15.8. The molecule has 27 heavy (non-hydrogen) atoms. The van der Waals surface area contributed by atoms with Crippen LogP contribution in [0.15, 0.2) is 45.7 Å². The number of piperidine rings is 1. The third kappa shape index (κ3) is 3.79. The van der Waals surface area contributed by atoms with Gasteiger partial charge in [-0.3, -0.25) is 4.79 Å². The van der Waals surface area contributed by atoms with Crippen molar-refractivity contribution in [2.24, 2.45) is 0 Å². The second kappa shape index (κ2) is 7.39. The predicted molar refractivity (Wildman–Crippen MR) is 105 cm³/mol. The first kappa shape index (κ1) is 17.5. The van der Waals surface area contributed by atoms with Crippen molar-refractivity contribution in [1.29, 1.82) is 0 Å². The van der Waals surface area contributed by atoms with E-state index in [0.29, 0.717) is 18.2 Å². The fourth-order valence-electron chi connectivity index (χ4n) is 3.49. The smallest absolute Gasteiger partial charge is 0.269 e. The van der Waals surface area contributed by atoms with Gasteiger partial charge in [-0.1, -0.05) is 17.7 Å². The van der Waals surface area contributed by atoms with Gasteiger partial charge >= 0.3 is 0 Å². The van der Waals surface area contributed by atoms with Gasteiger partial charge in [0.25, 0.3) is 5.56 Å². The van der Waals surface area contributed by atoms with Crippen molar-refractivity contribution in [3.63, 3.8) is 0 Å². The van der Waals surface area contributed by atoms with E-state index in [9.17, 15) is 4.79 Å². The largest absolute Gasteiger partial charge is 0.441 e. The number of hydrogen-bond acceptors (Lipinski definition) is 5. The van der Waals surface area contributed by atoms with E-state index in [0.717, 1.165) is 35.6 Å². The van der Waals surface area contributed by atoms with Gasteiger partial charge in [-0.25, -0.2) is 9.67 Å². The van der Waals surface area contributed by atoms with E-state index in [1.165, 1.54) is 23.9 Å². The van der Waals surface area contributed by atoms with Crippen LogP contribution >= 0.6 is 0 Å². The highest BCUT2D eigenvalue weighted by Gasteiger charge is 2.15. The Labute approximate surface area is 158 Å². The minimum atomic E-state index is -0.113. The molecule has 0 amide bonds. The molecule has 0 bridgehead atoms. The van der Waals surface area contributed by atoms with Crippen molar-refractivity contribution in [2.45, 2.75) is 39.7 Å². The van der Waals surface area contributed by atoms with Crippen LogP contribution in [0.3, 0.4) is 0 Å². The van der Waals surface area contributed by atoms with E-state index >= 15 is 0 Å². The highest BCUT2D eigenvalue weighted by atomic mass is 16.4. The molecule has 0 aliphatic carbocycles. The van der Waals surface area contributed by atoms with Crippen LogP contribution in [0.5, 0.6) is 0 Å². The summed E-state index contributed by atoms with van der Waals surface area (Å²) in [6.07, 6.45) is 5.38. The summed E-state index contributed by atoms with van der Waals surface area (Å²) >= 11 is 0. The molecule has 3 aromatic rings. The standard InChI is InChI=1S/C21H24N4O2/c1-15-7-6-8-17(11-15)21-23-19(16(2)27-21)14-25-20(26)12-18(13-22-25)24-9-4-3-5-10-24/h6-8,11-13H,3-5,9-10,14H2,1-2H3. The number of nitrogens with zero attached hydrogens (tertiary/aromatic N) is 4. The highest BCUT2D eigenvalue weighted by molar-refractivity contribution is 5.54. The second-order valence-corrected chi connectivity index (χ2v) is 7.15. The molecule has 0 atom stereocenters. The van der Waals surface area contributed by atoms with Gasteiger partial charge in [-0.2, -0.15) is 5.10 Å². The monoisotopic (exact) mass is 364 g/mol. The molecule has 1 saturated heterocycles. The molecule has 4 rings (SSSR count). The topological polar surface area (TPSA) is 64.2 Å². The van der Waals surface area contributed by atoms with Crippen LogP contribution in [0.2, 0.25) is 0 Å². The Kier molecular flexibility index (Phi) is 4.79. The average Bonchev–Trinajstić information content (AvgIpc) is 3.05. The number of aromatic nitrogens is 3.